The van der Waals surface area contributed by atoms with Gasteiger partial charge < -0.3 is 5.11 Å². The van der Waals surface area contributed by atoms with Crippen LogP contribution < -0.4 is 0 Å². The summed E-state index contributed by atoms with van der Waals surface area (Å²) >= 11 is 5.24. The lowest BCUT2D eigenvalue weighted by molar-refractivity contribution is 0.0563. The minimum atomic E-state index is -0.734. The van der Waals surface area contributed by atoms with E-state index in [1.165, 1.54) is 10.1 Å². The highest BCUT2D eigenvalue weighted by Crippen LogP contribution is 2.42. The number of benzene rings is 1. The van der Waals surface area contributed by atoms with Crippen molar-refractivity contribution in [3.05, 3.63) is 33.6 Å². The zero-order chi connectivity index (χ0) is 11.1. The van der Waals surface area contributed by atoms with Crippen molar-refractivity contribution in [3.8, 4) is 0 Å². The van der Waals surface area contributed by atoms with Gasteiger partial charge in [-0.3, -0.25) is 0 Å². The molecule has 1 atom stereocenters. The molecule has 3 heteroatoms. The molecule has 0 saturated carbocycles. The highest BCUT2D eigenvalue weighted by Gasteiger charge is 2.26. The Kier molecular flexibility index (Phi) is 2.88. The molecule has 1 unspecified atom stereocenters. The fourth-order valence-corrected chi connectivity index (χ4v) is 3.88. The van der Waals surface area contributed by atoms with Crippen molar-refractivity contribution in [2.24, 2.45) is 0 Å². The molecule has 0 bridgehead atoms. The Morgan fingerprint density at radius 1 is 1.40 bits per heavy atom. The lowest BCUT2D eigenvalue weighted by atomic mass is 10.0. The molecule has 0 spiro atoms. The van der Waals surface area contributed by atoms with Gasteiger partial charge in [0.15, 0.2) is 0 Å². The van der Waals surface area contributed by atoms with Crippen LogP contribution in [0.1, 0.15) is 25.1 Å². The van der Waals surface area contributed by atoms with Gasteiger partial charge in [0.05, 0.1) is 10.5 Å². The molecule has 80 valence electrons. The lowest BCUT2D eigenvalue weighted by Gasteiger charge is -2.20. The van der Waals surface area contributed by atoms with Crippen LogP contribution in [0.5, 0.6) is 0 Å². The fraction of sp³-hybridized carbons (Fsp3) is 0.333. The van der Waals surface area contributed by atoms with Gasteiger partial charge in [0.2, 0.25) is 0 Å². The number of hydrogen-bond acceptors (Lipinski definition) is 2. The van der Waals surface area contributed by atoms with Crippen LogP contribution >= 0.6 is 27.3 Å². The quantitative estimate of drug-likeness (QED) is 0.873. The fourth-order valence-electron chi connectivity index (χ4n) is 1.52. The SMILES string of the molecule is CCC(C)(O)c1sc2ccccc2c1Br. The third-order valence-electron chi connectivity index (χ3n) is 2.71. The molecule has 0 radical (unpaired) electrons. The first-order chi connectivity index (χ1) is 7.06. The summed E-state index contributed by atoms with van der Waals surface area (Å²) in [6, 6.07) is 8.20. The zero-order valence-corrected chi connectivity index (χ0v) is 11.2. The summed E-state index contributed by atoms with van der Waals surface area (Å²) in [5.74, 6) is 0. The molecule has 2 aromatic rings. The number of fused-ring (bicyclic) bond motifs is 1. The Bertz CT molecular complexity index is 487. The van der Waals surface area contributed by atoms with E-state index >= 15 is 0 Å². The molecule has 0 fully saturated rings. The number of thiophene rings is 1. The highest BCUT2D eigenvalue weighted by molar-refractivity contribution is 9.10. The van der Waals surface area contributed by atoms with E-state index in [4.69, 9.17) is 0 Å². The van der Waals surface area contributed by atoms with Crippen molar-refractivity contribution in [1.29, 1.82) is 0 Å². The number of rotatable bonds is 2. The first-order valence-electron chi connectivity index (χ1n) is 4.96. The topological polar surface area (TPSA) is 20.2 Å². The molecule has 0 saturated heterocycles. The maximum atomic E-state index is 10.3. The van der Waals surface area contributed by atoms with Crippen LogP contribution in [0.25, 0.3) is 10.1 Å². The van der Waals surface area contributed by atoms with Gasteiger partial charge in [-0.1, -0.05) is 25.1 Å². The van der Waals surface area contributed by atoms with Gasteiger partial charge in [0, 0.05) is 14.6 Å². The minimum absolute atomic E-state index is 0.721. The van der Waals surface area contributed by atoms with Crippen molar-refractivity contribution < 1.29 is 5.11 Å². The van der Waals surface area contributed by atoms with Crippen molar-refractivity contribution >= 4 is 37.4 Å². The van der Waals surface area contributed by atoms with Gasteiger partial charge in [0.25, 0.3) is 0 Å². The van der Waals surface area contributed by atoms with Gasteiger partial charge >= 0.3 is 0 Å². The van der Waals surface area contributed by atoms with E-state index in [-0.39, 0.29) is 0 Å². The predicted molar refractivity (Wildman–Crippen MR) is 69.4 cm³/mol. The Labute approximate surface area is 102 Å². The smallest absolute Gasteiger partial charge is 0.0969 e. The monoisotopic (exact) mass is 284 g/mol. The lowest BCUT2D eigenvalue weighted by Crippen LogP contribution is -2.18. The number of hydrogen-bond donors (Lipinski definition) is 1. The first kappa shape index (κ1) is 11.1. The maximum Gasteiger partial charge on any atom is 0.0969 e. The Hall–Kier alpha value is -0.380. The van der Waals surface area contributed by atoms with E-state index in [9.17, 15) is 5.11 Å². The molecule has 2 rings (SSSR count). The average molecular weight is 285 g/mol. The number of halogens is 1. The molecule has 1 heterocycles. The summed E-state index contributed by atoms with van der Waals surface area (Å²) in [6.45, 7) is 3.86. The molecule has 1 N–H and O–H groups in total. The molecular formula is C12H13BrOS. The third kappa shape index (κ3) is 1.84. The summed E-state index contributed by atoms with van der Waals surface area (Å²) in [6.07, 6.45) is 0.721. The van der Waals surface area contributed by atoms with Crippen LogP contribution in [0.4, 0.5) is 0 Å². The Morgan fingerprint density at radius 3 is 2.67 bits per heavy atom. The van der Waals surface area contributed by atoms with Crippen molar-refractivity contribution in [2.45, 2.75) is 25.9 Å². The standard InChI is InChI=1S/C12H13BrOS/c1-3-12(2,14)11-10(13)8-6-4-5-7-9(8)15-11/h4-7,14H,3H2,1-2H3. The highest BCUT2D eigenvalue weighted by atomic mass is 79.9. The maximum absolute atomic E-state index is 10.3. The average Bonchev–Trinajstić information content (AvgIpc) is 2.58. The van der Waals surface area contributed by atoms with E-state index < -0.39 is 5.60 Å². The molecule has 15 heavy (non-hydrogen) atoms. The largest absolute Gasteiger partial charge is 0.385 e. The molecule has 0 amide bonds. The van der Waals surface area contributed by atoms with Gasteiger partial charge in [0.1, 0.15) is 0 Å². The Morgan fingerprint density at radius 2 is 2.07 bits per heavy atom. The van der Waals surface area contributed by atoms with Crippen LogP contribution in [0.3, 0.4) is 0 Å². The summed E-state index contributed by atoms with van der Waals surface area (Å²) < 4.78 is 2.25. The first-order valence-corrected chi connectivity index (χ1v) is 6.57. The van der Waals surface area contributed by atoms with Gasteiger partial charge in [-0.25, -0.2) is 0 Å². The van der Waals surface area contributed by atoms with E-state index in [0.29, 0.717) is 0 Å². The van der Waals surface area contributed by atoms with Gasteiger partial charge in [-0.2, -0.15) is 0 Å². The predicted octanol–water partition coefficient (Wildman–Crippen LogP) is 4.28. The normalized spacial score (nSPS) is 15.5. The van der Waals surface area contributed by atoms with Gasteiger partial charge in [-0.15, -0.1) is 11.3 Å². The molecule has 0 aliphatic heterocycles. The van der Waals surface area contributed by atoms with Crippen LogP contribution in [0.2, 0.25) is 0 Å². The van der Waals surface area contributed by atoms with Crippen LogP contribution in [-0.2, 0) is 5.60 Å². The van der Waals surface area contributed by atoms with Crippen molar-refractivity contribution in [1.82, 2.24) is 0 Å². The molecule has 1 nitrogen and oxygen atoms in total. The van der Waals surface area contributed by atoms with E-state index in [0.717, 1.165) is 15.8 Å². The zero-order valence-electron chi connectivity index (χ0n) is 8.75. The van der Waals surface area contributed by atoms with Crippen molar-refractivity contribution in [3.63, 3.8) is 0 Å². The summed E-state index contributed by atoms with van der Waals surface area (Å²) in [7, 11) is 0. The summed E-state index contributed by atoms with van der Waals surface area (Å²) in [5, 5.41) is 11.4. The Balaban J connectivity index is 2.68. The second kappa shape index (κ2) is 3.89. The molecule has 1 aromatic heterocycles. The number of aliphatic hydroxyl groups is 1. The van der Waals surface area contributed by atoms with E-state index in [1.807, 2.05) is 26.0 Å². The summed E-state index contributed by atoms with van der Waals surface area (Å²) in [4.78, 5) is 1.02. The van der Waals surface area contributed by atoms with Crippen LogP contribution in [0, 0.1) is 0 Å². The molecule has 0 aliphatic rings. The van der Waals surface area contributed by atoms with Crippen molar-refractivity contribution in [2.75, 3.05) is 0 Å². The minimum Gasteiger partial charge on any atom is -0.385 e. The second-order valence-electron chi connectivity index (χ2n) is 3.87. The van der Waals surface area contributed by atoms with E-state index in [2.05, 4.69) is 28.1 Å². The molecular weight excluding hydrogens is 272 g/mol. The van der Waals surface area contributed by atoms with E-state index in [1.54, 1.807) is 11.3 Å². The third-order valence-corrected chi connectivity index (χ3v) is 5.22. The second-order valence-corrected chi connectivity index (χ2v) is 5.71. The van der Waals surface area contributed by atoms with Gasteiger partial charge in [-0.05, 0) is 35.3 Å². The summed E-state index contributed by atoms with van der Waals surface area (Å²) in [5.41, 5.74) is -0.734. The van der Waals surface area contributed by atoms with Crippen LogP contribution in [-0.4, -0.2) is 5.11 Å². The molecule has 1 aromatic carbocycles. The van der Waals surface area contributed by atoms with Crippen LogP contribution in [0.15, 0.2) is 28.7 Å². The molecule has 0 aliphatic carbocycles.